The third-order valence-corrected chi connectivity index (χ3v) is 7.42. The Morgan fingerprint density at radius 1 is 0.581 bits per heavy atom. The fourth-order valence-electron chi connectivity index (χ4n) is 5.56. The van der Waals surface area contributed by atoms with Crippen molar-refractivity contribution in [2.24, 2.45) is 0 Å². The molecule has 3 heterocycles. The number of fused-ring (bicyclic) bond motifs is 5. The van der Waals surface area contributed by atoms with Crippen molar-refractivity contribution in [3.8, 4) is 45.1 Å². The van der Waals surface area contributed by atoms with Gasteiger partial charge in [-0.3, -0.25) is 0 Å². The Morgan fingerprint density at radius 2 is 1.30 bits per heavy atom. The molecule has 3 aromatic heterocycles. The van der Waals surface area contributed by atoms with Crippen LogP contribution in [0, 0.1) is 12.1 Å². The van der Waals surface area contributed by atoms with Crippen LogP contribution < -0.4 is 4.74 Å². The summed E-state index contributed by atoms with van der Waals surface area (Å²) in [5.41, 5.74) is 6.96. The van der Waals surface area contributed by atoms with Crippen LogP contribution >= 0.6 is 0 Å². The second-order valence-electron chi connectivity index (χ2n) is 10.0. The van der Waals surface area contributed by atoms with Gasteiger partial charge in [-0.2, -0.15) is 0 Å². The van der Waals surface area contributed by atoms with Gasteiger partial charge in [0.15, 0.2) is 0 Å². The van der Waals surface area contributed by atoms with Crippen molar-refractivity contribution in [3.63, 3.8) is 0 Å². The molecular formula is C38H22N2O2Pt. The summed E-state index contributed by atoms with van der Waals surface area (Å²) < 4.78 is 13.1. The molecule has 0 saturated carbocycles. The first kappa shape index (κ1) is 26.8. The second-order valence-corrected chi connectivity index (χ2v) is 10.0. The van der Waals surface area contributed by atoms with E-state index in [1.807, 2.05) is 66.7 Å². The van der Waals surface area contributed by atoms with Gasteiger partial charge in [0.05, 0.1) is 5.58 Å². The Labute approximate surface area is 262 Å². The number of rotatable bonds is 5. The first-order valence-corrected chi connectivity index (χ1v) is 13.7. The summed E-state index contributed by atoms with van der Waals surface area (Å²) in [7, 11) is 0. The maximum Gasteiger partial charge on any atom is 2.00 e. The van der Waals surface area contributed by atoms with Gasteiger partial charge in [-0.15, -0.1) is 23.8 Å². The van der Waals surface area contributed by atoms with Crippen LogP contribution in [0.4, 0.5) is 0 Å². The summed E-state index contributed by atoms with van der Waals surface area (Å²) >= 11 is 0. The first-order valence-electron chi connectivity index (χ1n) is 13.7. The molecule has 8 rings (SSSR count). The summed E-state index contributed by atoms with van der Waals surface area (Å²) in [5.74, 6) is 1.13. The Hall–Kier alpha value is -5.05. The number of hydrogen-bond donors (Lipinski definition) is 0. The minimum absolute atomic E-state index is 0. The van der Waals surface area contributed by atoms with Crippen LogP contribution in [0.3, 0.4) is 0 Å². The van der Waals surface area contributed by atoms with E-state index in [-0.39, 0.29) is 21.1 Å². The largest absolute Gasteiger partial charge is 2.00 e. The van der Waals surface area contributed by atoms with Gasteiger partial charge in [-0.25, -0.2) is 0 Å². The van der Waals surface area contributed by atoms with Crippen molar-refractivity contribution < 1.29 is 30.2 Å². The van der Waals surface area contributed by atoms with Gasteiger partial charge in [0.25, 0.3) is 0 Å². The van der Waals surface area contributed by atoms with Crippen LogP contribution in [-0.2, 0) is 21.1 Å². The van der Waals surface area contributed by atoms with E-state index in [2.05, 4.69) is 76.7 Å². The Kier molecular flexibility index (Phi) is 7.06. The smallest absolute Gasteiger partial charge is 0.501 e. The first-order chi connectivity index (χ1) is 20.8. The van der Waals surface area contributed by atoms with Crippen LogP contribution in [0.5, 0.6) is 11.5 Å². The van der Waals surface area contributed by atoms with Crippen molar-refractivity contribution in [2.75, 3.05) is 0 Å². The van der Waals surface area contributed by atoms with Gasteiger partial charge in [0.1, 0.15) is 5.58 Å². The normalized spacial score (nSPS) is 11.1. The molecule has 8 aromatic rings. The SMILES string of the molecule is [Pt+2].[c-]1c(Oc2[c-]c(-c3ccccn3)c3oc4cc(-c5ccccc5)c5ccccc5c4c3c2)cccc1-c1ccccn1. The molecule has 206 valence electrons. The van der Waals surface area contributed by atoms with E-state index in [0.717, 1.165) is 66.4 Å². The summed E-state index contributed by atoms with van der Waals surface area (Å²) in [5, 5.41) is 4.24. The minimum Gasteiger partial charge on any atom is -0.501 e. The number of hydrogen-bond acceptors (Lipinski definition) is 4. The van der Waals surface area contributed by atoms with Gasteiger partial charge in [-0.05, 0) is 51.5 Å². The number of aromatic nitrogens is 2. The monoisotopic (exact) mass is 733 g/mol. The van der Waals surface area contributed by atoms with Crippen molar-refractivity contribution in [1.29, 1.82) is 0 Å². The van der Waals surface area contributed by atoms with Crippen molar-refractivity contribution in [1.82, 2.24) is 9.97 Å². The predicted molar refractivity (Wildman–Crippen MR) is 167 cm³/mol. The third kappa shape index (κ3) is 4.90. The molecule has 0 N–H and O–H groups in total. The number of ether oxygens (including phenoxy) is 1. The van der Waals surface area contributed by atoms with E-state index >= 15 is 0 Å². The van der Waals surface area contributed by atoms with Crippen LogP contribution in [0.15, 0.2) is 138 Å². The number of benzene rings is 5. The average molecular weight is 734 g/mol. The van der Waals surface area contributed by atoms with E-state index in [1.54, 1.807) is 12.4 Å². The fourth-order valence-corrected chi connectivity index (χ4v) is 5.56. The Bertz CT molecular complexity index is 2210. The summed E-state index contributed by atoms with van der Waals surface area (Å²) in [6.07, 6.45) is 3.55. The molecule has 5 aromatic carbocycles. The second kappa shape index (κ2) is 11.3. The molecule has 0 unspecified atom stereocenters. The zero-order valence-electron chi connectivity index (χ0n) is 22.7. The molecule has 0 amide bonds. The van der Waals surface area contributed by atoms with Gasteiger partial charge in [0.2, 0.25) is 0 Å². The zero-order chi connectivity index (χ0) is 27.9. The number of pyridine rings is 2. The summed E-state index contributed by atoms with van der Waals surface area (Å²) in [4.78, 5) is 9.10. The average Bonchev–Trinajstić information content (AvgIpc) is 3.44. The van der Waals surface area contributed by atoms with E-state index in [1.165, 1.54) is 0 Å². The molecule has 0 aliphatic rings. The quantitative estimate of drug-likeness (QED) is 0.165. The molecule has 0 atom stereocenters. The van der Waals surface area contributed by atoms with Crippen LogP contribution in [0.1, 0.15) is 0 Å². The van der Waals surface area contributed by atoms with Gasteiger partial charge in [-0.1, -0.05) is 108 Å². The third-order valence-electron chi connectivity index (χ3n) is 7.42. The number of nitrogens with zero attached hydrogens (tertiary/aromatic N) is 2. The van der Waals surface area contributed by atoms with Gasteiger partial charge in [0, 0.05) is 29.3 Å². The Balaban J connectivity index is 0.00000300. The maximum absolute atomic E-state index is 6.65. The molecule has 0 fully saturated rings. The maximum atomic E-state index is 6.65. The molecule has 0 saturated heterocycles. The van der Waals surface area contributed by atoms with E-state index in [4.69, 9.17) is 9.15 Å². The Morgan fingerprint density at radius 3 is 2.07 bits per heavy atom. The molecule has 0 spiro atoms. The van der Waals surface area contributed by atoms with E-state index in [0.29, 0.717) is 11.5 Å². The van der Waals surface area contributed by atoms with Crippen molar-refractivity contribution in [2.45, 2.75) is 0 Å². The van der Waals surface area contributed by atoms with Crippen LogP contribution in [-0.4, -0.2) is 9.97 Å². The molecule has 43 heavy (non-hydrogen) atoms. The molecule has 0 bridgehead atoms. The topological polar surface area (TPSA) is 48.2 Å². The standard InChI is InChI=1S/C38H22N2O2.Pt/c1-2-11-25(12-3-1)31-24-36-37(30-16-5-4-15-29(30)31)33-23-28(22-32(38(33)42-36)35-18-7-9-20-40-35)41-27-14-10-13-26(21-27)34-17-6-8-19-39-34;/h1-20,23-24H;/q-2;+2. The zero-order valence-corrected chi connectivity index (χ0v) is 25.0. The van der Waals surface area contributed by atoms with Crippen molar-refractivity contribution >= 4 is 32.7 Å². The van der Waals surface area contributed by atoms with Gasteiger partial charge >= 0.3 is 21.1 Å². The summed E-state index contributed by atoms with van der Waals surface area (Å²) in [6.45, 7) is 0. The molecule has 0 aliphatic heterocycles. The number of furan rings is 1. The molecule has 4 nitrogen and oxygen atoms in total. The van der Waals surface area contributed by atoms with Crippen LogP contribution in [0.2, 0.25) is 0 Å². The van der Waals surface area contributed by atoms with Crippen LogP contribution in [0.25, 0.3) is 66.4 Å². The summed E-state index contributed by atoms with van der Waals surface area (Å²) in [6, 6.07) is 47.3. The predicted octanol–water partition coefficient (Wildman–Crippen LogP) is 9.92. The molecule has 5 heteroatoms. The van der Waals surface area contributed by atoms with E-state index in [9.17, 15) is 0 Å². The van der Waals surface area contributed by atoms with E-state index < -0.39 is 0 Å². The minimum atomic E-state index is 0. The van der Waals surface area contributed by atoms with Gasteiger partial charge < -0.3 is 19.1 Å². The molecule has 0 radical (unpaired) electrons. The molecular weight excluding hydrogens is 712 g/mol. The molecule has 0 aliphatic carbocycles. The van der Waals surface area contributed by atoms with Crippen molar-refractivity contribution in [3.05, 3.63) is 146 Å². The fraction of sp³-hybridized carbons (Fsp3) is 0.